The van der Waals surface area contributed by atoms with Gasteiger partial charge in [0.25, 0.3) is 0 Å². The largest absolute Gasteiger partial charge is 0.443 e. The number of furan rings is 1. The summed E-state index contributed by atoms with van der Waals surface area (Å²) in [4.78, 5) is 11.2. The Labute approximate surface area is 151 Å². The fourth-order valence-corrected chi connectivity index (χ4v) is 3.42. The zero-order valence-corrected chi connectivity index (χ0v) is 14.9. The lowest BCUT2D eigenvalue weighted by atomic mass is 9.99. The van der Waals surface area contributed by atoms with Crippen LogP contribution in [0.15, 0.2) is 34.8 Å². The van der Waals surface area contributed by atoms with Crippen molar-refractivity contribution in [3.8, 4) is 0 Å². The quantitative estimate of drug-likeness (QED) is 0.775. The number of nitrogen functional groups attached to an aromatic ring is 1. The molecule has 2 N–H and O–H groups in total. The minimum absolute atomic E-state index is 0.169. The van der Waals surface area contributed by atoms with Gasteiger partial charge < -0.3 is 10.2 Å². The van der Waals surface area contributed by atoms with E-state index in [4.69, 9.17) is 10.2 Å². The van der Waals surface area contributed by atoms with Crippen molar-refractivity contribution in [2.45, 2.75) is 26.8 Å². The van der Waals surface area contributed by atoms with Crippen LogP contribution in [0.3, 0.4) is 0 Å². The van der Waals surface area contributed by atoms with Gasteiger partial charge in [0.1, 0.15) is 23.2 Å². The summed E-state index contributed by atoms with van der Waals surface area (Å²) in [5.41, 5.74) is 9.38. The van der Waals surface area contributed by atoms with E-state index < -0.39 is 0 Å². The van der Waals surface area contributed by atoms with Crippen LogP contribution in [0.1, 0.15) is 29.1 Å². The van der Waals surface area contributed by atoms with Gasteiger partial charge in [-0.1, -0.05) is 24.3 Å². The van der Waals surface area contributed by atoms with Gasteiger partial charge in [-0.15, -0.1) is 0 Å². The summed E-state index contributed by atoms with van der Waals surface area (Å²) in [5.74, 6) is 1.75. The van der Waals surface area contributed by atoms with E-state index in [1.807, 2.05) is 26.0 Å². The maximum atomic E-state index is 13.9. The van der Waals surface area contributed by atoms with Crippen LogP contribution in [0.25, 0.3) is 16.7 Å². The average Bonchev–Trinajstić information content (AvgIpc) is 2.91. The van der Waals surface area contributed by atoms with Crippen molar-refractivity contribution in [3.63, 3.8) is 0 Å². The SMILES string of the molecule is Cc1oc2nc(CN3CC=C(c4ccccc4F)CC3)nc(N)c2c1C. The van der Waals surface area contributed by atoms with Crippen molar-refractivity contribution >= 4 is 22.5 Å². The Bertz CT molecular complexity index is 1010. The molecule has 0 saturated heterocycles. The lowest BCUT2D eigenvalue weighted by Gasteiger charge is -2.26. The molecule has 26 heavy (non-hydrogen) atoms. The Morgan fingerprint density at radius 2 is 2.04 bits per heavy atom. The van der Waals surface area contributed by atoms with Gasteiger partial charge in [-0.25, -0.2) is 9.37 Å². The highest BCUT2D eigenvalue weighted by Crippen LogP contribution is 2.28. The fourth-order valence-electron chi connectivity index (χ4n) is 3.42. The van der Waals surface area contributed by atoms with Crippen molar-refractivity contribution in [2.75, 3.05) is 18.8 Å². The summed E-state index contributed by atoms with van der Waals surface area (Å²) < 4.78 is 19.6. The summed E-state index contributed by atoms with van der Waals surface area (Å²) in [5, 5.41) is 0.798. The standard InChI is InChI=1S/C20H21FN4O/c1-12-13(2)26-20-18(12)19(22)23-17(24-20)11-25-9-7-14(8-10-25)15-5-3-4-6-16(15)21/h3-7H,8-11H2,1-2H3,(H2,22,23,24). The number of fused-ring (bicyclic) bond motifs is 1. The number of aromatic nitrogens is 2. The summed E-state index contributed by atoms with van der Waals surface area (Å²) in [6.07, 6.45) is 2.86. The topological polar surface area (TPSA) is 68.2 Å². The maximum Gasteiger partial charge on any atom is 0.231 e. The van der Waals surface area contributed by atoms with E-state index in [9.17, 15) is 4.39 Å². The second-order valence-corrected chi connectivity index (χ2v) is 6.68. The fraction of sp³-hybridized carbons (Fsp3) is 0.300. The third-order valence-corrected chi connectivity index (χ3v) is 4.98. The molecule has 1 aromatic carbocycles. The molecule has 1 aliphatic rings. The van der Waals surface area contributed by atoms with Crippen molar-refractivity contribution in [1.82, 2.24) is 14.9 Å². The molecule has 5 nitrogen and oxygen atoms in total. The molecule has 2 aromatic heterocycles. The van der Waals surface area contributed by atoms with E-state index in [2.05, 4.69) is 20.9 Å². The second kappa shape index (κ2) is 6.53. The molecule has 6 heteroatoms. The van der Waals surface area contributed by atoms with Gasteiger partial charge in [-0.2, -0.15) is 4.98 Å². The molecule has 0 spiro atoms. The number of nitrogens with zero attached hydrogens (tertiary/aromatic N) is 3. The minimum Gasteiger partial charge on any atom is -0.443 e. The zero-order valence-electron chi connectivity index (χ0n) is 14.9. The van der Waals surface area contributed by atoms with Gasteiger partial charge >= 0.3 is 0 Å². The zero-order chi connectivity index (χ0) is 18.3. The van der Waals surface area contributed by atoms with E-state index in [0.29, 0.717) is 29.5 Å². The van der Waals surface area contributed by atoms with E-state index >= 15 is 0 Å². The maximum absolute atomic E-state index is 13.9. The first-order chi connectivity index (χ1) is 12.5. The summed E-state index contributed by atoms with van der Waals surface area (Å²) in [7, 11) is 0. The molecule has 3 aromatic rings. The molecule has 0 atom stereocenters. The molecular weight excluding hydrogens is 331 g/mol. The van der Waals surface area contributed by atoms with E-state index in [1.54, 1.807) is 6.07 Å². The monoisotopic (exact) mass is 352 g/mol. The Morgan fingerprint density at radius 3 is 2.77 bits per heavy atom. The van der Waals surface area contributed by atoms with Gasteiger partial charge in [-0.05, 0) is 31.9 Å². The number of hydrogen-bond acceptors (Lipinski definition) is 5. The number of halogens is 1. The van der Waals surface area contributed by atoms with Crippen LogP contribution >= 0.6 is 0 Å². The molecule has 0 fully saturated rings. The molecule has 0 unspecified atom stereocenters. The first kappa shape index (κ1) is 16.7. The lowest BCUT2D eigenvalue weighted by molar-refractivity contribution is 0.286. The number of benzene rings is 1. The summed E-state index contributed by atoms with van der Waals surface area (Å²) in [6.45, 7) is 5.98. The van der Waals surface area contributed by atoms with Gasteiger partial charge in [0, 0.05) is 24.2 Å². The molecule has 3 heterocycles. The van der Waals surface area contributed by atoms with Gasteiger partial charge in [0.15, 0.2) is 0 Å². The average molecular weight is 352 g/mol. The molecule has 0 bridgehead atoms. The Balaban J connectivity index is 1.53. The van der Waals surface area contributed by atoms with Crippen molar-refractivity contribution in [3.05, 3.63) is 58.9 Å². The van der Waals surface area contributed by atoms with Crippen LogP contribution in [-0.4, -0.2) is 28.0 Å². The summed E-state index contributed by atoms with van der Waals surface area (Å²) in [6, 6.07) is 6.91. The van der Waals surface area contributed by atoms with Crippen LogP contribution in [0.2, 0.25) is 0 Å². The van der Waals surface area contributed by atoms with Crippen molar-refractivity contribution in [1.29, 1.82) is 0 Å². The molecule has 0 amide bonds. The number of nitrogens with two attached hydrogens (primary N) is 1. The van der Waals surface area contributed by atoms with Gasteiger partial charge in [-0.3, -0.25) is 4.90 Å². The van der Waals surface area contributed by atoms with Gasteiger partial charge in [0.05, 0.1) is 11.9 Å². The Hall–Kier alpha value is -2.73. The van der Waals surface area contributed by atoms with E-state index in [0.717, 1.165) is 41.8 Å². The number of aryl methyl sites for hydroxylation is 2. The molecule has 134 valence electrons. The predicted molar refractivity (Wildman–Crippen MR) is 100.0 cm³/mol. The second-order valence-electron chi connectivity index (χ2n) is 6.68. The molecular formula is C20H21FN4O. The van der Waals surface area contributed by atoms with Crippen LogP contribution < -0.4 is 5.73 Å². The van der Waals surface area contributed by atoms with E-state index in [1.165, 1.54) is 6.07 Å². The molecule has 1 aliphatic heterocycles. The molecule has 0 saturated carbocycles. The number of rotatable bonds is 3. The highest BCUT2D eigenvalue weighted by Gasteiger charge is 2.19. The van der Waals surface area contributed by atoms with Crippen LogP contribution in [0.4, 0.5) is 10.2 Å². The first-order valence-corrected chi connectivity index (χ1v) is 8.71. The third kappa shape index (κ3) is 2.97. The number of anilines is 1. The van der Waals surface area contributed by atoms with Crippen molar-refractivity contribution in [2.24, 2.45) is 0 Å². The highest BCUT2D eigenvalue weighted by molar-refractivity contribution is 5.88. The van der Waals surface area contributed by atoms with Crippen LogP contribution in [0.5, 0.6) is 0 Å². The normalized spacial score (nSPS) is 15.4. The highest BCUT2D eigenvalue weighted by atomic mass is 19.1. The first-order valence-electron chi connectivity index (χ1n) is 8.71. The van der Waals surface area contributed by atoms with Crippen LogP contribution in [0, 0.1) is 19.7 Å². The Morgan fingerprint density at radius 1 is 1.23 bits per heavy atom. The minimum atomic E-state index is -0.169. The van der Waals surface area contributed by atoms with Crippen molar-refractivity contribution < 1.29 is 8.81 Å². The predicted octanol–water partition coefficient (Wildman–Crippen LogP) is 3.85. The molecule has 4 rings (SSSR count). The lowest BCUT2D eigenvalue weighted by Crippen LogP contribution is -2.29. The van der Waals surface area contributed by atoms with E-state index in [-0.39, 0.29) is 5.82 Å². The van der Waals surface area contributed by atoms with Gasteiger partial charge in [0.2, 0.25) is 5.71 Å². The summed E-state index contributed by atoms with van der Waals surface area (Å²) >= 11 is 0. The Kier molecular flexibility index (Phi) is 4.20. The molecule has 0 radical (unpaired) electrons. The number of hydrogen-bond donors (Lipinski definition) is 1. The molecule has 0 aliphatic carbocycles. The van der Waals surface area contributed by atoms with Crippen LogP contribution in [-0.2, 0) is 6.54 Å². The third-order valence-electron chi connectivity index (χ3n) is 4.98. The smallest absolute Gasteiger partial charge is 0.231 e.